The van der Waals surface area contributed by atoms with Gasteiger partial charge < -0.3 is 11.5 Å². The molecule has 0 amide bonds. The van der Waals surface area contributed by atoms with Crippen molar-refractivity contribution >= 4 is 5.95 Å². The number of hydrogen-bond donors (Lipinski definition) is 2. The highest BCUT2D eigenvalue weighted by Crippen LogP contribution is 2.13. The van der Waals surface area contributed by atoms with Crippen LogP contribution in [0.3, 0.4) is 0 Å². The molecule has 1 heterocycles. The van der Waals surface area contributed by atoms with Crippen molar-refractivity contribution in [1.29, 1.82) is 0 Å². The Hall–Kier alpha value is -1.94. The van der Waals surface area contributed by atoms with E-state index in [2.05, 4.69) is 9.97 Å². The lowest BCUT2D eigenvalue weighted by atomic mass is 10.0. The van der Waals surface area contributed by atoms with Crippen LogP contribution >= 0.6 is 0 Å². The number of nitrogen functional groups attached to an aromatic ring is 1. The number of rotatable bonds is 3. The number of hydrogen-bond acceptors (Lipinski definition) is 4. The standard InChI is InChI=1S/C12H14N4/c13-10(8-9-4-2-1-3-5-9)11-6-7-15-12(14)16-11/h1-7,10H,8,13H2,(H2,14,15,16). The number of nitrogens with two attached hydrogens (primary N) is 2. The van der Waals surface area contributed by atoms with E-state index in [1.807, 2.05) is 30.3 Å². The van der Waals surface area contributed by atoms with E-state index in [0.29, 0.717) is 0 Å². The van der Waals surface area contributed by atoms with Crippen LogP contribution in [0.25, 0.3) is 0 Å². The minimum absolute atomic E-state index is 0.146. The molecular weight excluding hydrogens is 200 g/mol. The summed E-state index contributed by atoms with van der Waals surface area (Å²) in [6.07, 6.45) is 2.37. The molecule has 1 atom stereocenters. The summed E-state index contributed by atoms with van der Waals surface area (Å²) in [6.45, 7) is 0. The van der Waals surface area contributed by atoms with Crippen LogP contribution in [-0.4, -0.2) is 9.97 Å². The fraction of sp³-hybridized carbons (Fsp3) is 0.167. The van der Waals surface area contributed by atoms with Gasteiger partial charge in [0.1, 0.15) is 0 Å². The van der Waals surface area contributed by atoms with Gasteiger partial charge in [0.15, 0.2) is 0 Å². The monoisotopic (exact) mass is 214 g/mol. The molecule has 2 rings (SSSR count). The van der Waals surface area contributed by atoms with Gasteiger partial charge in [-0.25, -0.2) is 9.97 Å². The topological polar surface area (TPSA) is 77.8 Å². The Kier molecular flexibility index (Phi) is 3.12. The normalized spacial score (nSPS) is 12.3. The summed E-state index contributed by atoms with van der Waals surface area (Å²) in [4.78, 5) is 7.95. The zero-order valence-electron chi connectivity index (χ0n) is 8.88. The summed E-state index contributed by atoms with van der Waals surface area (Å²) in [5, 5.41) is 0. The van der Waals surface area contributed by atoms with Crippen LogP contribution in [0.15, 0.2) is 42.6 Å². The molecule has 0 radical (unpaired) electrons. The Labute approximate surface area is 94.3 Å². The first-order chi connectivity index (χ1) is 7.75. The summed E-state index contributed by atoms with van der Waals surface area (Å²) in [7, 11) is 0. The second kappa shape index (κ2) is 4.72. The number of aromatic nitrogens is 2. The Bertz CT molecular complexity index is 456. The van der Waals surface area contributed by atoms with Crippen LogP contribution in [0.4, 0.5) is 5.95 Å². The maximum atomic E-state index is 6.05. The van der Waals surface area contributed by atoms with Gasteiger partial charge in [-0.15, -0.1) is 0 Å². The molecule has 0 aliphatic carbocycles. The first-order valence-electron chi connectivity index (χ1n) is 5.13. The van der Waals surface area contributed by atoms with Gasteiger partial charge in [-0.1, -0.05) is 30.3 Å². The molecule has 4 heteroatoms. The van der Waals surface area contributed by atoms with Gasteiger partial charge >= 0.3 is 0 Å². The fourth-order valence-corrected chi connectivity index (χ4v) is 1.57. The van der Waals surface area contributed by atoms with Crippen LogP contribution in [0, 0.1) is 0 Å². The SMILES string of the molecule is Nc1nccc(C(N)Cc2ccccc2)n1. The predicted molar refractivity (Wildman–Crippen MR) is 63.5 cm³/mol. The van der Waals surface area contributed by atoms with Gasteiger partial charge in [0.2, 0.25) is 5.95 Å². The first kappa shape index (κ1) is 10.6. The van der Waals surface area contributed by atoms with E-state index >= 15 is 0 Å². The van der Waals surface area contributed by atoms with Gasteiger partial charge in [-0.3, -0.25) is 0 Å². The van der Waals surface area contributed by atoms with Crippen LogP contribution in [0.2, 0.25) is 0 Å². The number of anilines is 1. The van der Waals surface area contributed by atoms with Crippen LogP contribution in [0.5, 0.6) is 0 Å². The third-order valence-corrected chi connectivity index (χ3v) is 2.37. The van der Waals surface area contributed by atoms with Gasteiger partial charge in [0, 0.05) is 6.20 Å². The summed E-state index contributed by atoms with van der Waals surface area (Å²) in [5.41, 5.74) is 13.5. The molecule has 0 fully saturated rings. The average Bonchev–Trinajstić information content (AvgIpc) is 2.30. The highest BCUT2D eigenvalue weighted by molar-refractivity contribution is 5.22. The molecule has 0 spiro atoms. The highest BCUT2D eigenvalue weighted by atomic mass is 15.0. The van der Waals surface area contributed by atoms with Crippen LogP contribution < -0.4 is 11.5 Å². The van der Waals surface area contributed by atoms with E-state index < -0.39 is 0 Å². The molecule has 0 aliphatic rings. The Morgan fingerprint density at radius 1 is 1.12 bits per heavy atom. The van der Waals surface area contributed by atoms with Crippen molar-refractivity contribution in [3.8, 4) is 0 Å². The molecule has 0 saturated heterocycles. The van der Waals surface area contributed by atoms with E-state index in [1.165, 1.54) is 5.56 Å². The molecule has 16 heavy (non-hydrogen) atoms. The van der Waals surface area contributed by atoms with Crippen molar-refractivity contribution in [3.63, 3.8) is 0 Å². The van der Waals surface area contributed by atoms with E-state index in [-0.39, 0.29) is 12.0 Å². The molecule has 1 aromatic carbocycles. The van der Waals surface area contributed by atoms with E-state index in [1.54, 1.807) is 12.3 Å². The molecule has 1 unspecified atom stereocenters. The van der Waals surface area contributed by atoms with Gasteiger partial charge in [-0.2, -0.15) is 0 Å². The lowest BCUT2D eigenvalue weighted by molar-refractivity contribution is 0.695. The third kappa shape index (κ3) is 2.55. The third-order valence-electron chi connectivity index (χ3n) is 2.37. The van der Waals surface area contributed by atoms with E-state index in [9.17, 15) is 0 Å². The predicted octanol–water partition coefficient (Wildman–Crippen LogP) is 1.30. The second-order valence-corrected chi connectivity index (χ2v) is 3.64. The molecule has 2 aromatic rings. The number of nitrogens with zero attached hydrogens (tertiary/aromatic N) is 2. The van der Waals surface area contributed by atoms with Crippen LogP contribution in [-0.2, 0) is 6.42 Å². The summed E-state index contributed by atoms with van der Waals surface area (Å²) in [6, 6.07) is 11.7. The molecule has 0 saturated carbocycles. The Balaban J connectivity index is 2.12. The molecule has 4 nitrogen and oxygen atoms in total. The first-order valence-corrected chi connectivity index (χ1v) is 5.13. The molecular formula is C12H14N4. The lowest BCUT2D eigenvalue weighted by Crippen LogP contribution is -2.15. The maximum Gasteiger partial charge on any atom is 0.220 e. The molecule has 0 aliphatic heterocycles. The zero-order chi connectivity index (χ0) is 11.4. The van der Waals surface area contributed by atoms with Crippen molar-refractivity contribution in [2.75, 3.05) is 5.73 Å². The van der Waals surface area contributed by atoms with Crippen molar-refractivity contribution in [2.45, 2.75) is 12.5 Å². The molecule has 82 valence electrons. The van der Waals surface area contributed by atoms with Crippen molar-refractivity contribution in [1.82, 2.24) is 9.97 Å². The highest BCUT2D eigenvalue weighted by Gasteiger charge is 2.08. The Morgan fingerprint density at radius 3 is 2.56 bits per heavy atom. The maximum absolute atomic E-state index is 6.05. The van der Waals surface area contributed by atoms with Crippen LogP contribution in [0.1, 0.15) is 17.3 Å². The van der Waals surface area contributed by atoms with Gasteiger partial charge in [0.25, 0.3) is 0 Å². The van der Waals surface area contributed by atoms with Crippen molar-refractivity contribution in [2.24, 2.45) is 5.73 Å². The fourth-order valence-electron chi connectivity index (χ4n) is 1.57. The summed E-state index contributed by atoms with van der Waals surface area (Å²) < 4.78 is 0. The van der Waals surface area contributed by atoms with Gasteiger partial charge in [0.05, 0.1) is 11.7 Å². The van der Waals surface area contributed by atoms with Crippen molar-refractivity contribution in [3.05, 3.63) is 53.9 Å². The molecule has 0 bridgehead atoms. The lowest BCUT2D eigenvalue weighted by Gasteiger charge is -2.10. The summed E-state index contributed by atoms with van der Waals surface area (Å²) >= 11 is 0. The van der Waals surface area contributed by atoms with E-state index in [4.69, 9.17) is 11.5 Å². The molecule has 1 aromatic heterocycles. The minimum atomic E-state index is -0.146. The van der Waals surface area contributed by atoms with Gasteiger partial charge in [-0.05, 0) is 18.1 Å². The number of benzene rings is 1. The average molecular weight is 214 g/mol. The van der Waals surface area contributed by atoms with E-state index in [0.717, 1.165) is 12.1 Å². The minimum Gasteiger partial charge on any atom is -0.368 e. The smallest absolute Gasteiger partial charge is 0.220 e. The largest absolute Gasteiger partial charge is 0.368 e. The zero-order valence-corrected chi connectivity index (χ0v) is 8.88. The summed E-state index contributed by atoms with van der Waals surface area (Å²) in [5.74, 6) is 0.265. The van der Waals surface area contributed by atoms with Crippen molar-refractivity contribution < 1.29 is 0 Å². The quantitative estimate of drug-likeness (QED) is 0.807. The Morgan fingerprint density at radius 2 is 1.88 bits per heavy atom. The second-order valence-electron chi connectivity index (χ2n) is 3.64. The molecule has 4 N–H and O–H groups in total.